The summed E-state index contributed by atoms with van der Waals surface area (Å²) in [6.07, 6.45) is 3.91. The maximum Gasteiger partial charge on any atom is 0.328 e. The molecule has 0 spiro atoms. The first-order valence-corrected chi connectivity index (χ1v) is 6.20. The molecule has 0 aromatic carbocycles. The average molecular weight is 278 g/mol. The number of hydrogen-bond acceptors (Lipinski definition) is 5. The Kier molecular flexibility index (Phi) is 4.09. The molecule has 0 saturated carbocycles. The third kappa shape index (κ3) is 3.78. The lowest BCUT2D eigenvalue weighted by atomic mass is 10.2. The summed E-state index contributed by atoms with van der Waals surface area (Å²) in [5.41, 5.74) is 1.12. The van der Waals surface area contributed by atoms with Crippen LogP contribution < -0.4 is 5.32 Å². The van der Waals surface area contributed by atoms with Gasteiger partial charge in [-0.15, -0.1) is 11.3 Å². The Bertz CT molecular complexity index is 601. The minimum Gasteiger partial charge on any atom is -0.478 e. The van der Waals surface area contributed by atoms with Crippen molar-refractivity contribution >= 4 is 29.3 Å². The molecule has 1 amide bonds. The molecular formula is C12H10N2O4S. The van der Waals surface area contributed by atoms with Crippen molar-refractivity contribution in [1.29, 1.82) is 0 Å². The summed E-state index contributed by atoms with van der Waals surface area (Å²) in [6, 6.07) is 3.29. The second kappa shape index (κ2) is 5.96. The number of aliphatic carboxylic acids is 1. The van der Waals surface area contributed by atoms with Crippen molar-refractivity contribution in [3.63, 3.8) is 0 Å². The van der Waals surface area contributed by atoms with Crippen LogP contribution in [0.5, 0.6) is 0 Å². The van der Waals surface area contributed by atoms with Gasteiger partial charge in [-0.1, -0.05) is 5.16 Å². The van der Waals surface area contributed by atoms with Gasteiger partial charge in [-0.05, 0) is 12.1 Å². The number of hydrogen-bond donors (Lipinski definition) is 2. The van der Waals surface area contributed by atoms with E-state index in [-0.39, 0.29) is 12.5 Å². The predicted octanol–water partition coefficient (Wildman–Crippen LogP) is 1.76. The summed E-state index contributed by atoms with van der Waals surface area (Å²) in [5, 5.41) is 16.5. The Labute approximate surface area is 112 Å². The summed E-state index contributed by atoms with van der Waals surface area (Å²) in [6.45, 7) is 0.283. The van der Waals surface area contributed by atoms with E-state index in [4.69, 9.17) is 5.11 Å². The van der Waals surface area contributed by atoms with E-state index < -0.39 is 5.97 Å². The van der Waals surface area contributed by atoms with Crippen LogP contribution >= 0.6 is 11.3 Å². The fraction of sp³-hybridized carbons (Fsp3) is 0.0833. The highest BCUT2D eigenvalue weighted by Gasteiger charge is 2.08. The van der Waals surface area contributed by atoms with E-state index in [1.54, 1.807) is 17.5 Å². The lowest BCUT2D eigenvalue weighted by Gasteiger charge is -1.99. The fourth-order valence-electron chi connectivity index (χ4n) is 1.31. The normalized spacial score (nSPS) is 10.7. The Hall–Kier alpha value is -2.41. The van der Waals surface area contributed by atoms with Crippen LogP contribution in [0.1, 0.15) is 20.9 Å². The smallest absolute Gasteiger partial charge is 0.328 e. The van der Waals surface area contributed by atoms with Gasteiger partial charge in [0.1, 0.15) is 12.0 Å². The largest absolute Gasteiger partial charge is 0.478 e. The number of carbonyl (C=O) groups is 2. The van der Waals surface area contributed by atoms with E-state index in [0.29, 0.717) is 16.1 Å². The standard InChI is InChI=1S/C12H10N2O4S/c15-11(16)2-1-10-5-8(7-19-10)12(17)13-6-9-3-4-18-14-9/h1-5,7H,6H2,(H,13,17)(H,15,16)/b2-1+. The van der Waals surface area contributed by atoms with Crippen molar-refractivity contribution in [2.45, 2.75) is 6.54 Å². The van der Waals surface area contributed by atoms with Crippen LogP contribution in [-0.2, 0) is 11.3 Å². The first-order valence-electron chi connectivity index (χ1n) is 5.32. The minimum atomic E-state index is -1.02. The van der Waals surface area contributed by atoms with E-state index in [9.17, 15) is 9.59 Å². The topological polar surface area (TPSA) is 92.4 Å². The summed E-state index contributed by atoms with van der Waals surface area (Å²) in [5.74, 6) is -1.26. The van der Waals surface area contributed by atoms with Gasteiger partial charge < -0.3 is 14.9 Å². The van der Waals surface area contributed by atoms with Crippen LogP contribution in [0.4, 0.5) is 0 Å². The maximum absolute atomic E-state index is 11.8. The maximum atomic E-state index is 11.8. The second-order valence-electron chi connectivity index (χ2n) is 3.58. The molecule has 6 nitrogen and oxygen atoms in total. The van der Waals surface area contributed by atoms with E-state index in [2.05, 4.69) is 15.0 Å². The van der Waals surface area contributed by atoms with Crippen molar-refractivity contribution in [3.05, 3.63) is 46.0 Å². The van der Waals surface area contributed by atoms with E-state index >= 15 is 0 Å². The van der Waals surface area contributed by atoms with Crippen LogP contribution in [0.3, 0.4) is 0 Å². The highest BCUT2D eigenvalue weighted by Crippen LogP contribution is 2.16. The lowest BCUT2D eigenvalue weighted by Crippen LogP contribution is -2.22. The molecule has 2 aromatic heterocycles. The average Bonchev–Trinajstić information content (AvgIpc) is 3.04. The summed E-state index contributed by atoms with van der Waals surface area (Å²) in [7, 11) is 0. The van der Waals surface area contributed by atoms with Crippen LogP contribution in [0.25, 0.3) is 6.08 Å². The number of nitrogens with one attached hydrogen (secondary N) is 1. The van der Waals surface area contributed by atoms with Crippen LogP contribution in [0, 0.1) is 0 Å². The molecule has 0 fully saturated rings. The highest BCUT2D eigenvalue weighted by atomic mass is 32.1. The number of carbonyl (C=O) groups excluding carboxylic acids is 1. The van der Waals surface area contributed by atoms with Crippen molar-refractivity contribution in [2.24, 2.45) is 0 Å². The van der Waals surface area contributed by atoms with E-state index in [1.807, 2.05) is 0 Å². The van der Waals surface area contributed by atoms with Crippen molar-refractivity contribution in [3.8, 4) is 0 Å². The number of nitrogens with zero attached hydrogens (tertiary/aromatic N) is 1. The van der Waals surface area contributed by atoms with Crippen LogP contribution in [0.15, 0.2) is 34.4 Å². The molecule has 0 unspecified atom stereocenters. The van der Waals surface area contributed by atoms with E-state index in [0.717, 1.165) is 6.08 Å². The number of thiophene rings is 1. The molecule has 0 atom stereocenters. The molecule has 98 valence electrons. The molecule has 2 N–H and O–H groups in total. The molecule has 0 bridgehead atoms. The number of aromatic nitrogens is 1. The second-order valence-corrected chi connectivity index (χ2v) is 4.53. The molecule has 2 rings (SSSR count). The first-order chi connectivity index (χ1) is 9.15. The number of carboxylic acid groups (broad SMARTS) is 1. The van der Waals surface area contributed by atoms with Gasteiger partial charge in [0.15, 0.2) is 0 Å². The quantitative estimate of drug-likeness (QED) is 0.813. The number of carboxylic acids is 1. The Morgan fingerprint density at radius 1 is 1.53 bits per heavy atom. The minimum absolute atomic E-state index is 0.241. The highest BCUT2D eigenvalue weighted by molar-refractivity contribution is 7.11. The molecule has 0 saturated heterocycles. The van der Waals surface area contributed by atoms with Gasteiger partial charge in [0.05, 0.1) is 12.1 Å². The molecule has 0 aliphatic carbocycles. The van der Waals surface area contributed by atoms with Gasteiger partial charge in [0, 0.05) is 22.4 Å². The lowest BCUT2D eigenvalue weighted by molar-refractivity contribution is -0.131. The van der Waals surface area contributed by atoms with Crippen molar-refractivity contribution in [1.82, 2.24) is 10.5 Å². The molecule has 0 aliphatic rings. The Morgan fingerprint density at radius 2 is 2.37 bits per heavy atom. The Morgan fingerprint density at radius 3 is 3.05 bits per heavy atom. The SMILES string of the molecule is O=C(O)/C=C/c1cc(C(=O)NCc2ccon2)cs1. The molecule has 2 heterocycles. The molecular weight excluding hydrogens is 268 g/mol. The van der Waals surface area contributed by atoms with Gasteiger partial charge in [-0.2, -0.15) is 0 Å². The zero-order chi connectivity index (χ0) is 13.7. The predicted molar refractivity (Wildman–Crippen MR) is 68.7 cm³/mol. The van der Waals surface area contributed by atoms with Crippen LogP contribution in [0.2, 0.25) is 0 Å². The first kappa shape index (κ1) is 13.0. The van der Waals surface area contributed by atoms with E-state index in [1.165, 1.54) is 23.7 Å². The zero-order valence-corrected chi connectivity index (χ0v) is 10.5. The van der Waals surface area contributed by atoms with Crippen molar-refractivity contribution < 1.29 is 19.2 Å². The van der Waals surface area contributed by atoms with Gasteiger partial charge in [0.25, 0.3) is 5.91 Å². The molecule has 2 aromatic rings. The summed E-state index contributed by atoms with van der Waals surface area (Å²) in [4.78, 5) is 22.9. The van der Waals surface area contributed by atoms with Crippen molar-refractivity contribution in [2.75, 3.05) is 0 Å². The number of rotatable bonds is 5. The molecule has 0 aliphatic heterocycles. The monoisotopic (exact) mass is 278 g/mol. The van der Waals surface area contributed by atoms with Gasteiger partial charge >= 0.3 is 5.97 Å². The van der Waals surface area contributed by atoms with Crippen LogP contribution in [-0.4, -0.2) is 22.1 Å². The summed E-state index contributed by atoms with van der Waals surface area (Å²) >= 11 is 1.30. The van der Waals surface area contributed by atoms with Gasteiger partial charge in [-0.3, -0.25) is 4.79 Å². The molecule has 7 heteroatoms. The molecule has 19 heavy (non-hydrogen) atoms. The zero-order valence-electron chi connectivity index (χ0n) is 9.70. The third-order valence-corrected chi connectivity index (χ3v) is 3.09. The number of amides is 1. The Balaban J connectivity index is 1.94. The fourth-order valence-corrected chi connectivity index (χ4v) is 2.09. The summed E-state index contributed by atoms with van der Waals surface area (Å²) < 4.78 is 4.65. The molecule has 0 radical (unpaired) electrons. The third-order valence-electron chi connectivity index (χ3n) is 2.19. The van der Waals surface area contributed by atoms with Gasteiger partial charge in [-0.25, -0.2) is 4.79 Å². The van der Waals surface area contributed by atoms with Gasteiger partial charge in [0.2, 0.25) is 0 Å².